The smallest absolute Gasteiger partial charge is 0.264 e. The van der Waals surface area contributed by atoms with Gasteiger partial charge in [0.1, 0.15) is 0 Å². The number of halogens is 1. The van der Waals surface area contributed by atoms with Gasteiger partial charge in [-0.1, -0.05) is 41.4 Å². The summed E-state index contributed by atoms with van der Waals surface area (Å²) in [4.78, 5) is 17.3. The zero-order chi connectivity index (χ0) is 17.3. The van der Waals surface area contributed by atoms with Gasteiger partial charge in [0.05, 0.1) is 10.6 Å². The molecule has 24 heavy (non-hydrogen) atoms. The number of amides is 1. The van der Waals surface area contributed by atoms with Crippen molar-refractivity contribution < 1.29 is 4.79 Å². The SMILES string of the molecule is Cc1ccc(C)c(/C=C2\SC(=Nc3ccc(C)c(Cl)c3)NC2=O)c1. The monoisotopic (exact) mass is 356 g/mol. The molecule has 1 N–H and O–H groups in total. The fraction of sp³-hybridized carbons (Fsp3) is 0.158. The average molecular weight is 357 g/mol. The number of rotatable bonds is 2. The quantitative estimate of drug-likeness (QED) is 0.755. The van der Waals surface area contributed by atoms with Crippen molar-refractivity contribution in [1.29, 1.82) is 0 Å². The minimum absolute atomic E-state index is 0.127. The molecule has 2 aromatic rings. The molecule has 3 nitrogen and oxygen atoms in total. The summed E-state index contributed by atoms with van der Waals surface area (Å²) in [6.07, 6.45) is 1.91. The maximum Gasteiger partial charge on any atom is 0.264 e. The van der Waals surface area contributed by atoms with Crippen LogP contribution in [0.1, 0.15) is 22.3 Å². The van der Waals surface area contributed by atoms with Crippen LogP contribution in [-0.2, 0) is 4.79 Å². The molecule has 1 aliphatic rings. The topological polar surface area (TPSA) is 41.5 Å². The second-order valence-electron chi connectivity index (χ2n) is 5.78. The van der Waals surface area contributed by atoms with Gasteiger partial charge in [-0.25, -0.2) is 4.99 Å². The zero-order valence-electron chi connectivity index (χ0n) is 13.7. The van der Waals surface area contributed by atoms with Gasteiger partial charge in [0.2, 0.25) is 0 Å². The Balaban J connectivity index is 1.87. The standard InChI is InChI=1S/C19H17ClN2OS/c1-11-4-5-12(2)14(8-11)9-17-18(23)22-19(24-17)21-15-7-6-13(3)16(20)10-15/h4-10H,1-3H3,(H,21,22,23)/b17-9-. The molecular weight excluding hydrogens is 340 g/mol. The first-order chi connectivity index (χ1) is 11.4. The lowest BCUT2D eigenvalue weighted by Crippen LogP contribution is -2.19. The van der Waals surface area contributed by atoms with Gasteiger partial charge in [0, 0.05) is 5.02 Å². The minimum atomic E-state index is -0.127. The molecule has 1 heterocycles. The second-order valence-corrected chi connectivity index (χ2v) is 7.21. The van der Waals surface area contributed by atoms with E-state index in [-0.39, 0.29) is 5.91 Å². The van der Waals surface area contributed by atoms with Crippen molar-refractivity contribution in [3.8, 4) is 0 Å². The van der Waals surface area contributed by atoms with Crippen LogP contribution in [0.5, 0.6) is 0 Å². The highest BCUT2D eigenvalue weighted by Gasteiger charge is 2.24. The normalized spacial score (nSPS) is 17.6. The van der Waals surface area contributed by atoms with Crippen LogP contribution in [0.25, 0.3) is 6.08 Å². The first kappa shape index (κ1) is 16.8. The number of hydrogen-bond donors (Lipinski definition) is 1. The number of carbonyl (C=O) groups excluding carboxylic acids is 1. The average Bonchev–Trinajstić information content (AvgIpc) is 2.86. The van der Waals surface area contributed by atoms with Gasteiger partial charge < -0.3 is 5.32 Å². The van der Waals surface area contributed by atoms with Crippen LogP contribution in [-0.4, -0.2) is 11.1 Å². The van der Waals surface area contributed by atoms with Crippen LogP contribution in [0.15, 0.2) is 46.3 Å². The van der Waals surface area contributed by atoms with E-state index in [0.717, 1.165) is 22.4 Å². The predicted molar refractivity (Wildman–Crippen MR) is 103 cm³/mol. The van der Waals surface area contributed by atoms with Gasteiger partial charge >= 0.3 is 0 Å². The molecule has 122 valence electrons. The van der Waals surface area contributed by atoms with E-state index in [2.05, 4.69) is 28.5 Å². The molecule has 0 aliphatic carbocycles. The van der Waals surface area contributed by atoms with Gasteiger partial charge in [-0.05, 0) is 67.4 Å². The molecule has 0 spiro atoms. The number of nitrogens with one attached hydrogen (secondary N) is 1. The third-order valence-electron chi connectivity index (χ3n) is 3.76. The Hall–Kier alpha value is -2.04. The fourth-order valence-electron chi connectivity index (χ4n) is 2.31. The highest BCUT2D eigenvalue weighted by atomic mass is 35.5. The molecule has 0 bridgehead atoms. The Kier molecular flexibility index (Phi) is 4.78. The molecule has 2 aromatic carbocycles. The number of carbonyl (C=O) groups is 1. The summed E-state index contributed by atoms with van der Waals surface area (Å²) in [7, 11) is 0. The van der Waals surface area contributed by atoms with Crippen molar-refractivity contribution in [2.24, 2.45) is 4.99 Å². The summed E-state index contributed by atoms with van der Waals surface area (Å²) < 4.78 is 0. The van der Waals surface area contributed by atoms with Crippen molar-refractivity contribution in [1.82, 2.24) is 5.32 Å². The minimum Gasteiger partial charge on any atom is -0.300 e. The summed E-state index contributed by atoms with van der Waals surface area (Å²) in [6.45, 7) is 6.01. The lowest BCUT2D eigenvalue weighted by molar-refractivity contribution is -0.115. The van der Waals surface area contributed by atoms with Crippen molar-refractivity contribution in [3.63, 3.8) is 0 Å². The largest absolute Gasteiger partial charge is 0.300 e. The van der Waals surface area contributed by atoms with Gasteiger partial charge in [-0.2, -0.15) is 0 Å². The number of amidine groups is 1. The van der Waals surface area contributed by atoms with Crippen LogP contribution < -0.4 is 5.32 Å². The Morgan fingerprint density at radius 1 is 1.08 bits per heavy atom. The molecular formula is C19H17ClN2OS. The molecule has 1 aliphatic heterocycles. The Labute approximate surface area is 150 Å². The zero-order valence-corrected chi connectivity index (χ0v) is 15.3. The molecule has 5 heteroatoms. The molecule has 0 unspecified atom stereocenters. The first-order valence-corrected chi connectivity index (χ1v) is 8.75. The van der Waals surface area contributed by atoms with E-state index >= 15 is 0 Å². The summed E-state index contributed by atoms with van der Waals surface area (Å²) in [5.74, 6) is -0.127. The Bertz CT molecular complexity index is 887. The third-order valence-corrected chi connectivity index (χ3v) is 5.08. The summed E-state index contributed by atoms with van der Waals surface area (Å²) in [5.41, 5.74) is 5.07. The fourth-order valence-corrected chi connectivity index (χ4v) is 3.31. The molecule has 1 amide bonds. The van der Waals surface area contributed by atoms with Crippen molar-refractivity contribution >= 4 is 46.2 Å². The lowest BCUT2D eigenvalue weighted by Gasteiger charge is -2.02. The van der Waals surface area contributed by atoms with Crippen LogP contribution in [0.2, 0.25) is 5.02 Å². The van der Waals surface area contributed by atoms with Gasteiger partial charge in [0.15, 0.2) is 5.17 Å². The van der Waals surface area contributed by atoms with Crippen LogP contribution in [0.3, 0.4) is 0 Å². The highest BCUT2D eigenvalue weighted by Crippen LogP contribution is 2.30. The maximum absolute atomic E-state index is 12.2. The van der Waals surface area contributed by atoms with Gasteiger partial charge in [0.25, 0.3) is 5.91 Å². The summed E-state index contributed by atoms with van der Waals surface area (Å²) >= 11 is 7.46. The molecule has 0 atom stereocenters. The van der Waals surface area contributed by atoms with E-state index in [9.17, 15) is 4.79 Å². The molecule has 3 rings (SSSR count). The number of nitrogens with zero attached hydrogens (tertiary/aromatic N) is 1. The number of thioether (sulfide) groups is 1. The number of benzene rings is 2. The van der Waals surface area contributed by atoms with Crippen molar-refractivity contribution in [2.45, 2.75) is 20.8 Å². The summed E-state index contributed by atoms with van der Waals surface area (Å²) in [6, 6.07) is 11.8. The van der Waals surface area contributed by atoms with E-state index in [0.29, 0.717) is 15.1 Å². The summed E-state index contributed by atoms with van der Waals surface area (Å²) in [5, 5.41) is 4.03. The number of hydrogen-bond acceptors (Lipinski definition) is 3. The van der Waals surface area contributed by atoms with Gasteiger partial charge in [-0.3, -0.25) is 4.79 Å². The third kappa shape index (κ3) is 3.71. The lowest BCUT2D eigenvalue weighted by atomic mass is 10.1. The van der Waals surface area contributed by atoms with Crippen molar-refractivity contribution in [3.05, 3.63) is 68.6 Å². The molecule has 0 saturated carbocycles. The van der Waals surface area contributed by atoms with E-state index < -0.39 is 0 Å². The Morgan fingerprint density at radius 2 is 1.83 bits per heavy atom. The van der Waals surface area contributed by atoms with Crippen molar-refractivity contribution in [2.75, 3.05) is 0 Å². The molecule has 1 fully saturated rings. The maximum atomic E-state index is 12.2. The predicted octanol–water partition coefficient (Wildman–Crippen LogP) is 5.16. The highest BCUT2D eigenvalue weighted by molar-refractivity contribution is 8.18. The van der Waals surface area contributed by atoms with E-state index in [1.54, 1.807) is 6.07 Å². The molecule has 0 radical (unpaired) electrons. The van der Waals surface area contributed by atoms with Crippen LogP contribution in [0, 0.1) is 20.8 Å². The Morgan fingerprint density at radius 3 is 2.58 bits per heavy atom. The van der Waals surface area contributed by atoms with Gasteiger partial charge in [-0.15, -0.1) is 0 Å². The molecule has 1 saturated heterocycles. The van der Waals surface area contributed by atoms with Crippen LogP contribution >= 0.6 is 23.4 Å². The van der Waals surface area contributed by atoms with Crippen LogP contribution in [0.4, 0.5) is 5.69 Å². The first-order valence-electron chi connectivity index (χ1n) is 7.55. The van der Waals surface area contributed by atoms with E-state index in [1.165, 1.54) is 17.3 Å². The molecule has 0 aromatic heterocycles. The van der Waals surface area contributed by atoms with E-state index in [1.807, 2.05) is 39.0 Å². The number of aryl methyl sites for hydroxylation is 3. The second kappa shape index (κ2) is 6.83. The van der Waals surface area contributed by atoms with E-state index in [4.69, 9.17) is 11.6 Å². The number of aliphatic imine (C=N–C) groups is 1.